The molecule has 0 unspecified atom stereocenters. The number of carbonyl (C=O) groups is 2. The topological polar surface area (TPSA) is 34.1 Å². The Bertz CT molecular complexity index is 961. The van der Waals surface area contributed by atoms with Crippen LogP contribution < -0.4 is 0 Å². The fraction of sp³-hybridized carbons (Fsp3) is 0.652. The molecule has 0 fully saturated rings. The maximum atomic E-state index is 11.0. The lowest BCUT2D eigenvalue weighted by molar-refractivity contribution is -0.110. The molecule has 0 aromatic heterocycles. The largest absolute Gasteiger partial charge is 0.280 e. The maximum Gasteiger partial charge on any atom is 0.228 e. The van der Waals surface area contributed by atoms with E-state index < -0.39 is 0 Å². The van der Waals surface area contributed by atoms with Gasteiger partial charge in [0.1, 0.15) is 0 Å². The molecule has 268 valence electrons. The average molecular weight is 657 g/mol. The molecule has 0 amide bonds. The van der Waals surface area contributed by atoms with Crippen molar-refractivity contribution in [3.05, 3.63) is 60.8 Å². The van der Waals surface area contributed by atoms with Gasteiger partial charge >= 0.3 is 0 Å². The number of terminal acetylenes is 2. The van der Waals surface area contributed by atoms with Crippen LogP contribution in [-0.4, -0.2) is 11.6 Å². The molecule has 0 aliphatic rings. The summed E-state index contributed by atoms with van der Waals surface area (Å²) in [6, 6.07) is 0. The Morgan fingerprint density at radius 2 is 0.458 bits per heavy atom. The lowest BCUT2D eigenvalue weighted by Crippen LogP contribution is -1.84. The second-order valence-electron chi connectivity index (χ2n) is 13.3. The number of unbranched alkanes of at least 4 members (excludes halogenated alkanes) is 26. The van der Waals surface area contributed by atoms with Crippen LogP contribution in [0.2, 0.25) is 0 Å². The zero-order chi connectivity index (χ0) is 34.9. The molecule has 48 heavy (non-hydrogen) atoms. The van der Waals surface area contributed by atoms with Gasteiger partial charge in [-0.25, -0.2) is 0 Å². The molecule has 0 saturated carbocycles. The van der Waals surface area contributed by atoms with E-state index in [9.17, 15) is 9.59 Å². The summed E-state index contributed by atoms with van der Waals surface area (Å²) in [7, 11) is 0. The number of ketones is 2. The number of allylic oxidation sites excluding steroid dienone is 10. The minimum Gasteiger partial charge on any atom is -0.280 e. The van der Waals surface area contributed by atoms with Crippen LogP contribution >= 0.6 is 0 Å². The molecule has 2 nitrogen and oxygen atoms in total. The molecule has 0 heterocycles. The Hall–Kier alpha value is -2.84. The first-order valence-corrected chi connectivity index (χ1v) is 20.0. The molecular weight excluding hydrogens is 585 g/mol. The smallest absolute Gasteiger partial charge is 0.228 e. The van der Waals surface area contributed by atoms with Gasteiger partial charge in [0.05, 0.1) is 0 Å². The number of hydrogen-bond acceptors (Lipinski definition) is 2. The highest BCUT2D eigenvalue weighted by atomic mass is 16.1. The summed E-state index contributed by atoms with van der Waals surface area (Å²) in [6.45, 7) is 0. The van der Waals surface area contributed by atoms with Gasteiger partial charge < -0.3 is 0 Å². The Labute approximate surface area is 298 Å². The Kier molecular flexibility index (Phi) is 37.9. The van der Waals surface area contributed by atoms with Gasteiger partial charge in [0.25, 0.3) is 0 Å². The third-order valence-electron chi connectivity index (χ3n) is 8.79. The second kappa shape index (κ2) is 40.3. The van der Waals surface area contributed by atoms with Gasteiger partial charge in [0, 0.05) is 0 Å². The zero-order valence-corrected chi connectivity index (χ0v) is 31.0. The van der Waals surface area contributed by atoms with Crippen LogP contribution in [0, 0.1) is 24.7 Å². The summed E-state index contributed by atoms with van der Waals surface area (Å²) in [5.41, 5.74) is 0. The van der Waals surface area contributed by atoms with Gasteiger partial charge in [-0.2, -0.15) is 0 Å². The molecule has 0 radical (unpaired) electrons. The van der Waals surface area contributed by atoms with Crippen molar-refractivity contribution in [3.8, 4) is 24.7 Å². The van der Waals surface area contributed by atoms with Crippen LogP contribution in [0.1, 0.15) is 193 Å². The summed E-state index contributed by atoms with van der Waals surface area (Å²) in [5, 5.41) is 0. The standard InChI is InChI=1S/C46H72O2/c1-3-45(47)43-41-39-37-35-33-31-29-27-25-23-21-19-17-15-13-11-9-7-5-6-8-10-12-14-16-18-20-22-24-26-28-30-32-34-36-38-40-42-44-46(48)4-2/h1-2,7,9,12,14,19,21,41-44H,5-6,8,10-11,13,15-18,20,22-40H2. The summed E-state index contributed by atoms with van der Waals surface area (Å²) >= 11 is 0. The lowest BCUT2D eigenvalue weighted by atomic mass is 10.0. The molecule has 0 spiro atoms. The van der Waals surface area contributed by atoms with Crippen LogP contribution in [0.25, 0.3) is 0 Å². The van der Waals surface area contributed by atoms with Crippen LogP contribution in [0.15, 0.2) is 60.8 Å². The number of carbonyl (C=O) groups excluding carboxylic acids is 2. The van der Waals surface area contributed by atoms with E-state index in [0.717, 1.165) is 25.7 Å². The fourth-order valence-electron chi connectivity index (χ4n) is 5.76. The lowest BCUT2D eigenvalue weighted by Gasteiger charge is -2.02. The summed E-state index contributed by atoms with van der Waals surface area (Å²) < 4.78 is 0. The molecule has 0 aliphatic carbocycles. The van der Waals surface area contributed by atoms with E-state index in [1.807, 2.05) is 12.2 Å². The number of hydrogen-bond donors (Lipinski definition) is 0. The summed E-state index contributed by atoms with van der Waals surface area (Å²) in [6.07, 6.45) is 69.6. The van der Waals surface area contributed by atoms with E-state index in [1.165, 1.54) is 179 Å². The highest BCUT2D eigenvalue weighted by molar-refractivity contribution is 6.04. The molecule has 0 aromatic rings. The van der Waals surface area contributed by atoms with Crippen molar-refractivity contribution in [1.29, 1.82) is 0 Å². The first kappa shape index (κ1) is 45.2. The van der Waals surface area contributed by atoms with Crippen LogP contribution in [0.3, 0.4) is 0 Å². The van der Waals surface area contributed by atoms with Gasteiger partial charge in [-0.15, -0.1) is 12.8 Å². The van der Waals surface area contributed by atoms with E-state index in [0.29, 0.717) is 0 Å². The molecule has 0 rings (SSSR count). The van der Waals surface area contributed by atoms with Gasteiger partial charge in [-0.3, -0.25) is 9.59 Å². The van der Waals surface area contributed by atoms with Crippen molar-refractivity contribution in [2.45, 2.75) is 193 Å². The number of rotatable bonds is 36. The predicted octanol–water partition coefficient (Wildman–Crippen LogP) is 13.9. The Morgan fingerprint density at radius 3 is 0.667 bits per heavy atom. The van der Waals surface area contributed by atoms with Crippen molar-refractivity contribution in [1.82, 2.24) is 0 Å². The van der Waals surface area contributed by atoms with E-state index >= 15 is 0 Å². The highest BCUT2D eigenvalue weighted by Crippen LogP contribution is 2.14. The SMILES string of the molecule is C#CC(=O)C=CCCCCCCCCCC=CCCCCC=CCCCCC=CCCCCCCCCCCCCCC=CC(=O)C#C. The van der Waals surface area contributed by atoms with Gasteiger partial charge in [0.2, 0.25) is 11.6 Å². The van der Waals surface area contributed by atoms with E-state index in [2.05, 4.69) is 48.3 Å². The molecule has 0 N–H and O–H groups in total. The molecule has 0 atom stereocenters. The van der Waals surface area contributed by atoms with Crippen molar-refractivity contribution < 1.29 is 9.59 Å². The van der Waals surface area contributed by atoms with Crippen molar-refractivity contribution in [3.63, 3.8) is 0 Å². The molecular formula is C46H72O2. The van der Waals surface area contributed by atoms with Crippen LogP contribution in [0.5, 0.6) is 0 Å². The minimum absolute atomic E-state index is 0.223. The van der Waals surface area contributed by atoms with E-state index in [4.69, 9.17) is 12.8 Å². The van der Waals surface area contributed by atoms with E-state index in [-0.39, 0.29) is 11.6 Å². The Morgan fingerprint density at radius 1 is 0.292 bits per heavy atom. The predicted molar refractivity (Wildman–Crippen MR) is 212 cm³/mol. The third-order valence-corrected chi connectivity index (χ3v) is 8.79. The van der Waals surface area contributed by atoms with Gasteiger partial charge in [-0.1, -0.05) is 138 Å². The third kappa shape index (κ3) is 39.3. The molecule has 0 aromatic carbocycles. The zero-order valence-electron chi connectivity index (χ0n) is 31.0. The minimum atomic E-state index is -0.226. The van der Waals surface area contributed by atoms with Crippen LogP contribution in [0.4, 0.5) is 0 Å². The Balaban J connectivity index is 3.26. The highest BCUT2D eigenvalue weighted by Gasteiger charge is 1.95. The summed E-state index contributed by atoms with van der Waals surface area (Å²) in [5.74, 6) is 3.77. The second-order valence-corrected chi connectivity index (χ2v) is 13.3. The molecule has 2 heteroatoms. The monoisotopic (exact) mass is 657 g/mol. The van der Waals surface area contributed by atoms with Crippen molar-refractivity contribution in [2.75, 3.05) is 0 Å². The first-order valence-electron chi connectivity index (χ1n) is 20.0. The normalized spacial score (nSPS) is 11.9. The maximum absolute atomic E-state index is 11.0. The van der Waals surface area contributed by atoms with E-state index in [1.54, 1.807) is 0 Å². The quantitative estimate of drug-likeness (QED) is 0.0221. The first-order chi connectivity index (χ1) is 23.7. The van der Waals surface area contributed by atoms with Crippen molar-refractivity contribution >= 4 is 11.6 Å². The van der Waals surface area contributed by atoms with Crippen LogP contribution in [-0.2, 0) is 9.59 Å². The molecule has 0 saturated heterocycles. The fourth-order valence-corrected chi connectivity index (χ4v) is 5.76. The molecule has 0 bridgehead atoms. The average Bonchev–Trinajstić information content (AvgIpc) is 3.10. The molecule has 0 aliphatic heterocycles. The summed E-state index contributed by atoms with van der Waals surface area (Å²) in [4.78, 5) is 22.0. The van der Waals surface area contributed by atoms with Gasteiger partial charge in [0.15, 0.2) is 0 Å². The van der Waals surface area contributed by atoms with Gasteiger partial charge in [-0.05, 0) is 127 Å². The van der Waals surface area contributed by atoms with Crippen molar-refractivity contribution in [2.24, 2.45) is 0 Å².